The molecule has 1 aliphatic rings. The summed E-state index contributed by atoms with van der Waals surface area (Å²) in [5.74, 6) is -0.768. The number of ether oxygens (including phenoxy) is 1. The number of aliphatic hydroxyl groups is 1. The second kappa shape index (κ2) is 12.3. The van der Waals surface area contributed by atoms with Crippen LogP contribution < -0.4 is 10.5 Å². The van der Waals surface area contributed by atoms with E-state index in [0.29, 0.717) is 22.7 Å². The van der Waals surface area contributed by atoms with Crippen molar-refractivity contribution >= 4 is 23.0 Å². The molecule has 9 heteroatoms. The number of rotatable bonds is 11. The van der Waals surface area contributed by atoms with Crippen LogP contribution in [0.3, 0.4) is 0 Å². The van der Waals surface area contributed by atoms with Crippen molar-refractivity contribution in [3.8, 4) is 5.75 Å². The van der Waals surface area contributed by atoms with Crippen molar-refractivity contribution in [2.45, 2.75) is 46.1 Å². The molecule has 0 bridgehead atoms. The number of hydrogen-bond acceptors (Lipinski definition) is 4. The average Bonchev–Trinajstić information content (AvgIpc) is 2.91. The predicted molar refractivity (Wildman–Crippen MR) is 151 cm³/mol. The van der Waals surface area contributed by atoms with Gasteiger partial charge in [0.2, 0.25) is 0 Å². The molecular weight excluding hydrogens is 527 g/mol. The predicted octanol–water partition coefficient (Wildman–Crippen LogP) is 7.32. The molecule has 0 radical (unpaired) electrons. The maximum atomic E-state index is 15.6. The van der Waals surface area contributed by atoms with Gasteiger partial charge in [-0.2, -0.15) is 5.10 Å². The lowest BCUT2D eigenvalue weighted by molar-refractivity contribution is -0.0881. The van der Waals surface area contributed by atoms with Gasteiger partial charge in [0, 0.05) is 23.1 Å². The molecule has 2 aromatic carbocycles. The van der Waals surface area contributed by atoms with Crippen LogP contribution in [0.4, 0.5) is 13.2 Å². The molecule has 0 saturated heterocycles. The minimum atomic E-state index is -1.65. The summed E-state index contributed by atoms with van der Waals surface area (Å²) in [5, 5.41) is 17.2. The Balaban J connectivity index is 1.78. The van der Waals surface area contributed by atoms with Crippen LogP contribution >= 0.6 is 11.6 Å². The highest BCUT2D eigenvalue weighted by Crippen LogP contribution is 2.43. The molecule has 3 atom stereocenters. The lowest BCUT2D eigenvalue weighted by Crippen LogP contribution is -2.44. The summed E-state index contributed by atoms with van der Waals surface area (Å²) in [5.41, 5.74) is 4.71. The van der Waals surface area contributed by atoms with E-state index in [1.54, 1.807) is 25.3 Å². The fourth-order valence-corrected chi connectivity index (χ4v) is 4.27. The van der Waals surface area contributed by atoms with E-state index in [4.69, 9.17) is 22.1 Å². The molecule has 0 aromatic heterocycles. The number of nitrogens with zero attached hydrogens (tertiary/aromatic N) is 2. The summed E-state index contributed by atoms with van der Waals surface area (Å²) in [6.07, 6.45) is 5.86. The third kappa shape index (κ3) is 6.50. The Hall–Kier alpha value is -3.23. The number of hydrazone groups is 1. The molecule has 3 N–H and O–H groups in total. The van der Waals surface area contributed by atoms with Gasteiger partial charge in [0.15, 0.2) is 11.6 Å². The first-order valence-corrected chi connectivity index (χ1v) is 13.1. The Kier molecular flexibility index (Phi) is 9.56. The van der Waals surface area contributed by atoms with Crippen LogP contribution in [0.25, 0.3) is 5.57 Å². The van der Waals surface area contributed by atoms with E-state index in [9.17, 15) is 13.9 Å². The van der Waals surface area contributed by atoms with Gasteiger partial charge in [0.25, 0.3) is 0 Å². The Morgan fingerprint density at radius 2 is 1.87 bits per heavy atom. The number of alkyl halides is 1. The molecule has 0 spiro atoms. The normalized spacial score (nSPS) is 17.9. The van der Waals surface area contributed by atoms with E-state index < -0.39 is 29.3 Å². The molecule has 0 saturated carbocycles. The van der Waals surface area contributed by atoms with E-state index in [1.165, 1.54) is 48.3 Å². The van der Waals surface area contributed by atoms with E-state index in [1.807, 2.05) is 13.8 Å². The summed E-state index contributed by atoms with van der Waals surface area (Å²) in [6, 6.07) is 8.28. The molecule has 0 amide bonds. The zero-order valence-electron chi connectivity index (χ0n) is 22.6. The van der Waals surface area contributed by atoms with Crippen molar-refractivity contribution in [2.75, 3.05) is 13.3 Å². The molecule has 3 unspecified atom stereocenters. The number of amidine groups is 1. The first-order valence-electron chi connectivity index (χ1n) is 12.7. The molecular formula is C30H35ClF3N3O2. The number of benzene rings is 2. The largest absolute Gasteiger partial charge is 0.489 e. The maximum Gasteiger partial charge on any atom is 0.174 e. The van der Waals surface area contributed by atoms with Crippen LogP contribution in [-0.4, -0.2) is 29.2 Å². The highest BCUT2D eigenvalue weighted by molar-refractivity contribution is 6.32. The second-order valence-corrected chi connectivity index (χ2v) is 10.6. The number of allylic oxidation sites excluding steroid dienone is 3. The average molecular weight is 562 g/mol. The smallest absolute Gasteiger partial charge is 0.174 e. The molecule has 3 rings (SSSR count). The van der Waals surface area contributed by atoms with Crippen molar-refractivity contribution in [3.63, 3.8) is 0 Å². The molecule has 1 aliphatic heterocycles. The van der Waals surface area contributed by atoms with Crippen LogP contribution in [-0.2, 0) is 5.60 Å². The standard InChI is InChI=1S/C30H35ClF3N3O2/c1-6-19(2)28(35)36-37-15-13-21(17-20(37)3)24-11-12-25(31)27(26(24)34)39-16-14-29(4,18-32)30(5,38)22-7-9-23(33)10-8-22/h7-13,15,17,19,38H,3,6,14,16,18H2,1-2,4-5H3,(H2,35,36). The van der Waals surface area contributed by atoms with E-state index >= 15 is 4.39 Å². The Morgan fingerprint density at radius 3 is 2.46 bits per heavy atom. The highest BCUT2D eigenvalue weighted by atomic mass is 35.5. The zero-order valence-corrected chi connectivity index (χ0v) is 23.4. The van der Waals surface area contributed by atoms with Crippen molar-refractivity contribution in [3.05, 3.63) is 94.8 Å². The molecule has 0 fully saturated rings. The van der Waals surface area contributed by atoms with Gasteiger partial charge in [-0.3, -0.25) is 4.39 Å². The van der Waals surface area contributed by atoms with Crippen LogP contribution in [0.15, 0.2) is 72.1 Å². The minimum absolute atomic E-state index is 0.0256. The van der Waals surface area contributed by atoms with E-state index in [-0.39, 0.29) is 35.3 Å². The lowest BCUT2D eigenvalue weighted by atomic mass is 9.69. The maximum absolute atomic E-state index is 15.6. The topological polar surface area (TPSA) is 71.1 Å². The van der Waals surface area contributed by atoms with Gasteiger partial charge in [0.05, 0.1) is 29.6 Å². The van der Waals surface area contributed by atoms with Gasteiger partial charge in [-0.25, -0.2) is 13.8 Å². The van der Waals surface area contributed by atoms with Gasteiger partial charge >= 0.3 is 0 Å². The summed E-state index contributed by atoms with van der Waals surface area (Å²) in [6.45, 7) is 9.98. The van der Waals surface area contributed by atoms with Crippen molar-refractivity contribution in [1.29, 1.82) is 0 Å². The fourth-order valence-electron chi connectivity index (χ4n) is 4.07. The zero-order chi connectivity index (χ0) is 29.0. The lowest BCUT2D eigenvalue weighted by Gasteiger charge is -2.41. The van der Waals surface area contributed by atoms with Crippen LogP contribution in [0.5, 0.6) is 5.75 Å². The molecule has 0 aliphatic carbocycles. The van der Waals surface area contributed by atoms with Gasteiger partial charge in [-0.15, -0.1) is 0 Å². The van der Waals surface area contributed by atoms with Gasteiger partial charge in [0.1, 0.15) is 11.7 Å². The molecule has 1 heterocycles. The Labute approximate surface area is 233 Å². The Bertz CT molecular complexity index is 1290. The Morgan fingerprint density at radius 1 is 1.21 bits per heavy atom. The van der Waals surface area contributed by atoms with Crippen LogP contribution in [0.2, 0.25) is 5.02 Å². The molecule has 39 heavy (non-hydrogen) atoms. The first-order chi connectivity index (χ1) is 18.3. The molecule has 210 valence electrons. The van der Waals surface area contributed by atoms with Crippen molar-refractivity contribution in [2.24, 2.45) is 22.2 Å². The summed E-state index contributed by atoms with van der Waals surface area (Å²) in [7, 11) is 0. The number of nitrogens with two attached hydrogens (primary N) is 1. The minimum Gasteiger partial charge on any atom is -0.489 e. The number of hydrogen-bond donors (Lipinski definition) is 2. The van der Waals surface area contributed by atoms with Crippen LogP contribution in [0.1, 0.15) is 51.7 Å². The summed E-state index contributed by atoms with van der Waals surface area (Å²) in [4.78, 5) is 0. The third-order valence-electron chi connectivity index (χ3n) is 7.49. The van der Waals surface area contributed by atoms with Gasteiger partial charge < -0.3 is 15.6 Å². The van der Waals surface area contributed by atoms with E-state index in [2.05, 4.69) is 11.7 Å². The highest BCUT2D eigenvalue weighted by Gasteiger charge is 2.44. The van der Waals surface area contributed by atoms with Crippen LogP contribution in [0, 0.1) is 23.0 Å². The number of halogens is 4. The second-order valence-electron chi connectivity index (χ2n) is 10.2. The fraction of sp³-hybridized carbons (Fsp3) is 0.367. The molecule has 2 aromatic rings. The summed E-state index contributed by atoms with van der Waals surface area (Å²) >= 11 is 6.26. The monoisotopic (exact) mass is 561 g/mol. The van der Waals surface area contributed by atoms with Gasteiger partial charge in [-0.1, -0.05) is 51.1 Å². The SMILES string of the molecule is C=C1C=C(c2ccc(Cl)c(OCCC(C)(CF)C(C)(O)c3ccc(F)cc3)c2F)C=CN1/N=C(/N)C(C)CC. The van der Waals surface area contributed by atoms with E-state index in [0.717, 1.165) is 6.42 Å². The summed E-state index contributed by atoms with van der Waals surface area (Å²) < 4.78 is 49.0. The first kappa shape index (κ1) is 30.3. The molecule has 5 nitrogen and oxygen atoms in total. The van der Waals surface area contributed by atoms with Crippen molar-refractivity contribution < 1.29 is 23.0 Å². The van der Waals surface area contributed by atoms with Crippen molar-refractivity contribution in [1.82, 2.24) is 5.01 Å². The third-order valence-corrected chi connectivity index (χ3v) is 7.79. The quantitative estimate of drug-likeness (QED) is 0.223. The van der Waals surface area contributed by atoms with Gasteiger partial charge in [-0.05, 0) is 67.3 Å².